The Kier molecular flexibility index (Phi) is 5.68. The first-order valence-corrected chi connectivity index (χ1v) is 9.22. The summed E-state index contributed by atoms with van der Waals surface area (Å²) >= 11 is 0. The van der Waals surface area contributed by atoms with E-state index >= 15 is 0 Å². The average Bonchev–Trinajstić information content (AvgIpc) is 2.97. The lowest BCUT2D eigenvalue weighted by molar-refractivity contribution is 0.608. The van der Waals surface area contributed by atoms with Crippen LogP contribution < -0.4 is 0 Å². The van der Waals surface area contributed by atoms with Crippen LogP contribution in [0.5, 0.6) is 0 Å². The Hall–Kier alpha value is -2.09. The fourth-order valence-corrected chi connectivity index (χ4v) is 3.24. The number of hydrogen-bond donors (Lipinski definition) is 1. The number of aromatic nitrogens is 2. The molecule has 0 fully saturated rings. The fraction of sp³-hybridized carbons (Fsp3) is 0.409. The molecular weight excluding hydrogens is 292 g/mol. The minimum atomic E-state index is 1.06. The van der Waals surface area contributed by atoms with Crippen LogP contribution in [0.1, 0.15) is 54.6 Å². The molecule has 3 rings (SSSR count). The Bertz CT molecular complexity index is 732. The topological polar surface area (TPSA) is 28.7 Å². The van der Waals surface area contributed by atoms with Gasteiger partial charge in [0.2, 0.25) is 0 Å². The van der Waals surface area contributed by atoms with Crippen molar-refractivity contribution in [2.75, 3.05) is 0 Å². The molecule has 0 bridgehead atoms. The highest BCUT2D eigenvalue weighted by Crippen LogP contribution is 2.18. The molecule has 0 aliphatic heterocycles. The van der Waals surface area contributed by atoms with Gasteiger partial charge in [-0.2, -0.15) is 0 Å². The van der Waals surface area contributed by atoms with Crippen molar-refractivity contribution in [1.29, 1.82) is 0 Å². The first-order valence-electron chi connectivity index (χ1n) is 9.22. The number of fused-ring (bicyclic) bond motifs is 1. The molecule has 1 aromatic heterocycles. The number of imidazole rings is 1. The maximum Gasteiger partial charge on any atom is 0.107 e. The van der Waals surface area contributed by atoms with Crippen LogP contribution >= 0.6 is 0 Å². The van der Waals surface area contributed by atoms with E-state index in [9.17, 15) is 0 Å². The molecule has 24 heavy (non-hydrogen) atoms. The van der Waals surface area contributed by atoms with Crippen molar-refractivity contribution in [2.45, 2.75) is 58.8 Å². The summed E-state index contributed by atoms with van der Waals surface area (Å²) in [4.78, 5) is 8.21. The Morgan fingerprint density at radius 2 is 1.46 bits per heavy atom. The number of benzene rings is 2. The van der Waals surface area contributed by atoms with E-state index in [1.54, 1.807) is 0 Å². The number of nitrogens with zero attached hydrogens (tertiary/aromatic N) is 1. The summed E-state index contributed by atoms with van der Waals surface area (Å²) in [6.45, 7) is 4.31. The Balaban J connectivity index is 1.36. The van der Waals surface area contributed by atoms with Crippen LogP contribution in [0, 0.1) is 13.8 Å². The molecule has 1 N–H and O–H groups in total. The quantitative estimate of drug-likeness (QED) is 0.513. The number of aryl methyl sites for hydroxylation is 4. The first-order chi connectivity index (χ1) is 11.7. The largest absolute Gasteiger partial charge is 0.342 e. The molecule has 0 spiro atoms. The van der Waals surface area contributed by atoms with Crippen LogP contribution in [-0.4, -0.2) is 9.97 Å². The monoisotopic (exact) mass is 320 g/mol. The summed E-state index contributed by atoms with van der Waals surface area (Å²) in [6.07, 6.45) is 8.74. The normalized spacial score (nSPS) is 11.2. The number of hydrogen-bond acceptors (Lipinski definition) is 1. The lowest BCUT2D eigenvalue weighted by Gasteiger charge is -2.02. The third-order valence-corrected chi connectivity index (χ3v) is 4.87. The van der Waals surface area contributed by atoms with Gasteiger partial charge >= 0.3 is 0 Å². The minimum absolute atomic E-state index is 1.06. The Labute approximate surface area is 145 Å². The number of unbranched alkanes of at least 4 members (excludes halogenated alkanes) is 4. The average molecular weight is 320 g/mol. The number of nitrogens with one attached hydrogen (secondary N) is 1. The number of rotatable bonds is 8. The van der Waals surface area contributed by atoms with Crippen LogP contribution in [0.3, 0.4) is 0 Å². The van der Waals surface area contributed by atoms with E-state index in [-0.39, 0.29) is 0 Å². The zero-order valence-electron chi connectivity index (χ0n) is 14.9. The van der Waals surface area contributed by atoms with Gasteiger partial charge in [0.1, 0.15) is 5.82 Å². The lowest BCUT2D eigenvalue weighted by atomic mass is 10.0. The third kappa shape index (κ3) is 4.47. The highest BCUT2D eigenvalue weighted by molar-refractivity contribution is 5.77. The third-order valence-electron chi connectivity index (χ3n) is 4.87. The number of aromatic amines is 1. The summed E-state index contributed by atoms with van der Waals surface area (Å²) in [5.41, 5.74) is 6.40. The smallest absolute Gasteiger partial charge is 0.107 e. The molecule has 0 atom stereocenters. The van der Waals surface area contributed by atoms with Gasteiger partial charge in [0.25, 0.3) is 0 Å². The molecule has 0 unspecified atom stereocenters. The van der Waals surface area contributed by atoms with Gasteiger partial charge in [0.15, 0.2) is 0 Å². The Morgan fingerprint density at radius 3 is 2.25 bits per heavy atom. The van der Waals surface area contributed by atoms with Crippen LogP contribution in [0.4, 0.5) is 0 Å². The van der Waals surface area contributed by atoms with Crippen molar-refractivity contribution >= 4 is 11.0 Å². The van der Waals surface area contributed by atoms with Crippen molar-refractivity contribution in [2.24, 2.45) is 0 Å². The van der Waals surface area contributed by atoms with Crippen LogP contribution in [-0.2, 0) is 12.8 Å². The van der Waals surface area contributed by atoms with E-state index in [0.717, 1.165) is 17.8 Å². The van der Waals surface area contributed by atoms with Crippen molar-refractivity contribution < 1.29 is 0 Å². The van der Waals surface area contributed by atoms with Crippen LogP contribution in [0.25, 0.3) is 11.0 Å². The van der Waals surface area contributed by atoms with Gasteiger partial charge in [-0.1, -0.05) is 49.6 Å². The van der Waals surface area contributed by atoms with E-state index in [1.807, 2.05) is 0 Å². The predicted octanol–water partition coefficient (Wildman–Crippen LogP) is 5.92. The molecule has 0 saturated heterocycles. The molecule has 0 saturated carbocycles. The summed E-state index contributed by atoms with van der Waals surface area (Å²) in [7, 11) is 0. The molecule has 2 heteroatoms. The van der Waals surface area contributed by atoms with E-state index < -0.39 is 0 Å². The molecule has 3 aromatic rings. The van der Waals surface area contributed by atoms with E-state index in [4.69, 9.17) is 4.98 Å². The molecule has 126 valence electrons. The van der Waals surface area contributed by atoms with Gasteiger partial charge in [-0.15, -0.1) is 0 Å². The Morgan fingerprint density at radius 1 is 0.792 bits per heavy atom. The zero-order chi connectivity index (χ0) is 16.8. The predicted molar refractivity (Wildman–Crippen MR) is 103 cm³/mol. The summed E-state index contributed by atoms with van der Waals surface area (Å²) in [5, 5.41) is 0. The highest BCUT2D eigenvalue weighted by atomic mass is 14.9. The second-order valence-electron chi connectivity index (χ2n) is 6.89. The van der Waals surface area contributed by atoms with E-state index in [2.05, 4.69) is 61.3 Å². The second-order valence-corrected chi connectivity index (χ2v) is 6.89. The number of H-pyrrole nitrogens is 1. The van der Waals surface area contributed by atoms with Crippen LogP contribution in [0.15, 0.2) is 42.5 Å². The molecule has 2 aromatic carbocycles. The highest BCUT2D eigenvalue weighted by Gasteiger charge is 2.04. The van der Waals surface area contributed by atoms with Gasteiger partial charge in [0.05, 0.1) is 11.0 Å². The van der Waals surface area contributed by atoms with Crippen molar-refractivity contribution in [3.63, 3.8) is 0 Å². The summed E-state index contributed by atoms with van der Waals surface area (Å²) < 4.78 is 0. The first kappa shape index (κ1) is 16.8. The van der Waals surface area contributed by atoms with Gasteiger partial charge in [0, 0.05) is 6.42 Å². The molecule has 0 aliphatic rings. The second kappa shape index (κ2) is 8.14. The minimum Gasteiger partial charge on any atom is -0.342 e. The van der Waals surface area contributed by atoms with E-state index in [0.29, 0.717) is 0 Å². The van der Waals surface area contributed by atoms with Gasteiger partial charge < -0.3 is 4.98 Å². The fourth-order valence-electron chi connectivity index (χ4n) is 3.24. The van der Waals surface area contributed by atoms with Gasteiger partial charge in [-0.05, 0) is 61.9 Å². The standard InChI is InChI=1S/C22H28N2/c1-17-15-20-21(16-18(17)2)24-22(23-20)14-10-5-3-4-7-11-19-12-8-6-9-13-19/h6,8-9,12-13,15-16H,3-5,7,10-11,14H2,1-2H3,(H,23,24). The molecular formula is C22H28N2. The molecule has 2 nitrogen and oxygen atoms in total. The van der Waals surface area contributed by atoms with Crippen LogP contribution in [0.2, 0.25) is 0 Å². The molecule has 0 aliphatic carbocycles. The van der Waals surface area contributed by atoms with Gasteiger partial charge in [-0.25, -0.2) is 4.98 Å². The maximum atomic E-state index is 4.73. The van der Waals surface area contributed by atoms with Crippen molar-refractivity contribution in [1.82, 2.24) is 9.97 Å². The SMILES string of the molecule is Cc1cc2nc(CCCCCCCc3ccccc3)[nH]c2cc1C. The van der Waals surface area contributed by atoms with Crippen molar-refractivity contribution in [3.8, 4) is 0 Å². The summed E-state index contributed by atoms with van der Waals surface area (Å²) in [6, 6.07) is 15.2. The van der Waals surface area contributed by atoms with Crippen molar-refractivity contribution in [3.05, 3.63) is 65.0 Å². The maximum absolute atomic E-state index is 4.73. The molecule has 1 heterocycles. The lowest BCUT2D eigenvalue weighted by Crippen LogP contribution is -1.89. The zero-order valence-corrected chi connectivity index (χ0v) is 14.9. The summed E-state index contributed by atoms with van der Waals surface area (Å²) in [5.74, 6) is 1.14. The van der Waals surface area contributed by atoms with Gasteiger partial charge in [-0.3, -0.25) is 0 Å². The molecule has 0 radical (unpaired) electrons. The van der Waals surface area contributed by atoms with E-state index in [1.165, 1.54) is 60.7 Å². The molecule has 0 amide bonds.